The molecule has 4 heterocycles. The Morgan fingerprint density at radius 1 is 0.485 bits per heavy atom. The molecule has 8 aromatic carbocycles. The average Bonchev–Trinajstić information content (AvgIpc) is 3.95. The lowest BCUT2D eigenvalue weighted by atomic mass is 9.45. The van der Waals surface area contributed by atoms with E-state index in [0.29, 0.717) is 0 Å². The van der Waals surface area contributed by atoms with Crippen LogP contribution < -0.4 is 20.0 Å². The summed E-state index contributed by atoms with van der Waals surface area (Å²) < 4.78 is 5.33. The lowest BCUT2D eigenvalue weighted by molar-refractivity contribution is 0.590. The van der Waals surface area contributed by atoms with Gasteiger partial charge in [-0.05, 0) is 127 Å². The highest BCUT2D eigenvalue weighted by atomic mass is 32.1. The van der Waals surface area contributed by atoms with Crippen LogP contribution in [0.3, 0.4) is 0 Å². The molecule has 2 aliphatic heterocycles. The van der Waals surface area contributed by atoms with E-state index < -0.39 is 0 Å². The summed E-state index contributed by atoms with van der Waals surface area (Å²) in [7, 11) is 0. The van der Waals surface area contributed by atoms with E-state index in [1.165, 1.54) is 125 Å². The summed E-state index contributed by atoms with van der Waals surface area (Å²) in [6.07, 6.45) is 0. The number of hydrogen-bond acceptors (Lipinski definition) is 4. The van der Waals surface area contributed by atoms with Crippen molar-refractivity contribution in [3.05, 3.63) is 186 Å². The molecule has 66 heavy (non-hydrogen) atoms. The fraction of sp³-hybridized carbons (Fsp3) is 0.180. The zero-order valence-electron chi connectivity index (χ0n) is 38.9. The van der Waals surface area contributed by atoms with Gasteiger partial charge in [-0.25, -0.2) is 0 Å². The lowest BCUT2D eigenvalue weighted by Crippen LogP contribution is -2.61. The molecule has 320 valence electrons. The minimum atomic E-state index is -0.232. The van der Waals surface area contributed by atoms with Crippen molar-refractivity contribution in [2.75, 3.05) is 9.71 Å². The van der Waals surface area contributed by atoms with Crippen LogP contribution in [-0.2, 0) is 16.2 Å². The Morgan fingerprint density at radius 3 is 1.86 bits per heavy atom. The van der Waals surface area contributed by atoms with Crippen molar-refractivity contribution in [2.45, 2.75) is 71.6 Å². The van der Waals surface area contributed by atoms with Gasteiger partial charge in [0.15, 0.2) is 0 Å². The molecule has 10 aromatic rings. The number of benzene rings is 8. The first kappa shape index (κ1) is 39.9. The molecule has 0 fully saturated rings. The third kappa shape index (κ3) is 5.66. The van der Waals surface area contributed by atoms with Crippen molar-refractivity contribution in [1.82, 2.24) is 0 Å². The van der Waals surface area contributed by atoms with Crippen molar-refractivity contribution in [1.29, 1.82) is 0 Å². The molecule has 0 saturated carbocycles. The summed E-state index contributed by atoms with van der Waals surface area (Å²) in [6, 6.07) is 63.0. The Morgan fingerprint density at radius 2 is 1.14 bits per heavy atom. The van der Waals surface area contributed by atoms with E-state index in [4.69, 9.17) is 0 Å². The Labute approximate surface area is 396 Å². The fourth-order valence-electron chi connectivity index (χ4n) is 11.6. The average molecular weight is 887 g/mol. The van der Waals surface area contributed by atoms with Crippen molar-refractivity contribution < 1.29 is 0 Å². The molecule has 0 atom stereocenters. The van der Waals surface area contributed by atoms with Crippen LogP contribution in [0.1, 0.15) is 77.6 Å². The lowest BCUT2D eigenvalue weighted by Gasteiger charge is -2.46. The summed E-state index contributed by atoms with van der Waals surface area (Å²) in [4.78, 5) is 5.38. The molecule has 3 aliphatic rings. The maximum atomic E-state index is 2.73. The zero-order valence-corrected chi connectivity index (χ0v) is 40.5. The Kier molecular flexibility index (Phi) is 8.36. The second kappa shape index (κ2) is 13.8. The van der Waals surface area contributed by atoms with E-state index in [1.54, 1.807) is 0 Å². The highest BCUT2D eigenvalue weighted by Crippen LogP contribution is 2.59. The van der Waals surface area contributed by atoms with Gasteiger partial charge < -0.3 is 9.71 Å². The van der Waals surface area contributed by atoms with E-state index in [9.17, 15) is 0 Å². The highest BCUT2D eigenvalue weighted by molar-refractivity contribution is 7.32. The van der Waals surface area contributed by atoms with Crippen molar-refractivity contribution in [2.24, 2.45) is 0 Å². The number of anilines is 5. The van der Waals surface area contributed by atoms with Gasteiger partial charge in [0.25, 0.3) is 0 Å². The molecule has 0 amide bonds. The third-order valence-corrected chi connectivity index (χ3v) is 17.3. The molecule has 5 heteroatoms. The molecule has 2 aromatic heterocycles. The molecule has 0 radical (unpaired) electrons. The molecule has 0 N–H and O–H groups in total. The standard InChI is InChI=1S/C61H51BN2S2/c1-59(2,3)38-23-27-40(28-24-38)63-50-34-45-42-18-12-14-20-48(42)61(7,8)55(45)54-46-33-44-43-19-13-15-21-51(43)65-53(44)35-49(46)64(41-29-25-39(26-30-41)60(4,5)6)62(56(50)54)58-57(63)47-32-37(22-31-52(47)66-58)36-16-10-9-11-17-36/h9-35H,1-8H3. The van der Waals surface area contributed by atoms with Gasteiger partial charge in [-0.3, -0.25) is 0 Å². The van der Waals surface area contributed by atoms with Crippen LogP contribution in [0.4, 0.5) is 28.4 Å². The minimum Gasteiger partial charge on any atom is -0.376 e. The second-order valence-corrected chi connectivity index (χ2v) is 23.5. The first-order valence-corrected chi connectivity index (χ1v) is 25.1. The Bertz CT molecular complexity index is 3640. The molecular weight excluding hydrogens is 836 g/mol. The predicted molar refractivity (Wildman–Crippen MR) is 289 cm³/mol. The first-order valence-electron chi connectivity index (χ1n) is 23.4. The van der Waals surface area contributed by atoms with Crippen molar-refractivity contribution in [3.63, 3.8) is 0 Å². The van der Waals surface area contributed by atoms with Crippen LogP contribution in [-0.4, -0.2) is 6.85 Å². The summed E-state index contributed by atoms with van der Waals surface area (Å²) in [5.74, 6) is 0. The third-order valence-electron chi connectivity index (χ3n) is 14.9. The van der Waals surface area contributed by atoms with Gasteiger partial charge in [-0.1, -0.05) is 159 Å². The zero-order chi connectivity index (χ0) is 45.0. The van der Waals surface area contributed by atoms with E-state index in [-0.39, 0.29) is 23.1 Å². The van der Waals surface area contributed by atoms with Gasteiger partial charge in [0, 0.05) is 68.8 Å². The predicted octanol–water partition coefficient (Wildman–Crippen LogP) is 16.5. The van der Waals surface area contributed by atoms with Gasteiger partial charge in [0.2, 0.25) is 0 Å². The van der Waals surface area contributed by atoms with Gasteiger partial charge in [0.05, 0.1) is 5.69 Å². The number of rotatable bonds is 3. The fourth-order valence-corrected chi connectivity index (χ4v) is 14.0. The minimum absolute atomic E-state index is 0.0300. The summed E-state index contributed by atoms with van der Waals surface area (Å²) in [5, 5.41) is 3.95. The molecule has 1 aliphatic carbocycles. The van der Waals surface area contributed by atoms with E-state index in [0.717, 1.165) is 0 Å². The summed E-state index contributed by atoms with van der Waals surface area (Å²) in [5.41, 5.74) is 20.8. The van der Waals surface area contributed by atoms with Crippen LogP contribution >= 0.6 is 22.7 Å². The van der Waals surface area contributed by atoms with Crippen LogP contribution in [0.5, 0.6) is 0 Å². The summed E-state index contributed by atoms with van der Waals surface area (Å²) in [6.45, 7) is 18.7. The van der Waals surface area contributed by atoms with Gasteiger partial charge in [-0.15, -0.1) is 22.7 Å². The first-order chi connectivity index (χ1) is 31.8. The van der Waals surface area contributed by atoms with Crippen LogP contribution in [0.25, 0.3) is 63.6 Å². The van der Waals surface area contributed by atoms with Gasteiger partial charge in [0.1, 0.15) is 0 Å². The Balaban J connectivity index is 1.20. The van der Waals surface area contributed by atoms with E-state index >= 15 is 0 Å². The molecule has 0 saturated heterocycles. The van der Waals surface area contributed by atoms with Crippen LogP contribution in [0, 0.1) is 0 Å². The van der Waals surface area contributed by atoms with Crippen LogP contribution in [0.15, 0.2) is 164 Å². The maximum Gasteiger partial charge on any atom is 0.343 e. The number of fused-ring (bicyclic) bond motifs is 13. The molecule has 2 nitrogen and oxygen atoms in total. The van der Waals surface area contributed by atoms with Crippen molar-refractivity contribution >= 4 is 98.5 Å². The summed E-state index contributed by atoms with van der Waals surface area (Å²) >= 11 is 3.89. The molecule has 0 unspecified atom stereocenters. The second-order valence-electron chi connectivity index (χ2n) is 21.3. The number of hydrogen-bond donors (Lipinski definition) is 0. The van der Waals surface area contributed by atoms with Gasteiger partial charge >= 0.3 is 6.85 Å². The molecule has 0 spiro atoms. The van der Waals surface area contributed by atoms with E-state index in [1.807, 2.05) is 22.7 Å². The highest BCUT2D eigenvalue weighted by Gasteiger charge is 2.51. The van der Waals surface area contributed by atoms with Crippen molar-refractivity contribution in [3.8, 4) is 33.4 Å². The van der Waals surface area contributed by atoms with Crippen LogP contribution in [0.2, 0.25) is 0 Å². The topological polar surface area (TPSA) is 6.48 Å². The monoisotopic (exact) mass is 886 g/mol. The van der Waals surface area contributed by atoms with Gasteiger partial charge in [-0.2, -0.15) is 0 Å². The Hall–Kier alpha value is -6.40. The maximum absolute atomic E-state index is 2.73. The SMILES string of the molecule is CC(C)(C)c1ccc(N2B3c4sc5ccc(-c6ccccc6)cc5c4N(c4ccc(C(C)(C)C)cc4)c4cc5c(c(c43)-c3cc4c(cc32)sc2ccccc24)C(C)(C)c2ccccc2-5)cc1. The molecule has 13 rings (SSSR count). The largest absolute Gasteiger partial charge is 0.376 e. The number of thiophene rings is 2. The molecular formula is C61H51BN2S2. The van der Waals surface area contributed by atoms with E-state index in [2.05, 4.69) is 229 Å². The number of nitrogens with zero attached hydrogens (tertiary/aromatic N) is 2. The normalized spacial score (nSPS) is 14.7. The smallest absolute Gasteiger partial charge is 0.343 e. The molecule has 0 bridgehead atoms. The quantitative estimate of drug-likeness (QED) is 0.163.